The Morgan fingerprint density at radius 1 is 1.36 bits per heavy atom. The van der Waals surface area contributed by atoms with E-state index in [0.29, 0.717) is 5.41 Å². The Morgan fingerprint density at radius 3 is 2.71 bits per heavy atom. The first kappa shape index (κ1) is 11.6. The molecule has 0 unspecified atom stereocenters. The fourth-order valence-corrected chi connectivity index (χ4v) is 2.03. The van der Waals surface area contributed by atoms with Gasteiger partial charge < -0.3 is 0 Å². The van der Waals surface area contributed by atoms with Gasteiger partial charge in [-0.2, -0.15) is 0 Å². The lowest BCUT2D eigenvalue weighted by atomic mass is 9.74. The zero-order valence-corrected chi connectivity index (χ0v) is 10.2. The molecule has 1 rings (SSSR count). The minimum Gasteiger partial charge on any atom is -0.0843 e. The fourth-order valence-electron chi connectivity index (χ4n) is 2.03. The molecule has 0 aliphatic heterocycles. The molecule has 80 valence electrons. The second-order valence-corrected chi connectivity index (χ2v) is 5.34. The molecule has 14 heavy (non-hydrogen) atoms. The van der Waals surface area contributed by atoms with E-state index in [-0.39, 0.29) is 0 Å². The van der Waals surface area contributed by atoms with Crippen molar-refractivity contribution in [2.45, 2.75) is 59.8 Å². The molecule has 0 heteroatoms. The van der Waals surface area contributed by atoms with Crippen LogP contribution in [0.5, 0.6) is 0 Å². The van der Waals surface area contributed by atoms with Gasteiger partial charge in [0.2, 0.25) is 0 Å². The molecule has 0 fully saturated rings. The van der Waals surface area contributed by atoms with Gasteiger partial charge in [0.1, 0.15) is 0 Å². The Balaban J connectivity index is 2.65. The number of allylic oxidation sites excluding steroid dienone is 4. The Hall–Kier alpha value is -0.520. The Labute approximate surface area is 89.1 Å². The highest BCUT2D eigenvalue weighted by molar-refractivity contribution is 5.28. The standard InChI is InChI=1S/C14H24/c1-5-6-7-8-13-11-14(3,4)10-9-12(13)2/h7-8H,5-6,9-11H2,1-4H3/b8-7-. The summed E-state index contributed by atoms with van der Waals surface area (Å²) in [6.45, 7) is 9.29. The molecule has 1 aliphatic rings. The van der Waals surface area contributed by atoms with Gasteiger partial charge in [-0.15, -0.1) is 0 Å². The van der Waals surface area contributed by atoms with Crippen LogP contribution < -0.4 is 0 Å². The quantitative estimate of drug-likeness (QED) is 0.598. The smallest absolute Gasteiger partial charge is 0.0228 e. The van der Waals surface area contributed by atoms with Crippen molar-refractivity contribution in [1.29, 1.82) is 0 Å². The normalized spacial score (nSPS) is 22.0. The lowest BCUT2D eigenvalue weighted by Crippen LogP contribution is -2.17. The molecule has 0 N–H and O–H groups in total. The number of rotatable bonds is 3. The van der Waals surface area contributed by atoms with Crippen LogP contribution in [0.15, 0.2) is 23.3 Å². The second-order valence-electron chi connectivity index (χ2n) is 5.34. The monoisotopic (exact) mass is 192 g/mol. The maximum absolute atomic E-state index is 2.38. The Bertz CT molecular complexity index is 241. The first-order valence-corrected chi connectivity index (χ1v) is 5.90. The van der Waals surface area contributed by atoms with Crippen molar-refractivity contribution < 1.29 is 0 Å². The van der Waals surface area contributed by atoms with E-state index in [1.807, 2.05) is 0 Å². The molecule has 0 atom stereocenters. The number of hydrogen-bond acceptors (Lipinski definition) is 0. The van der Waals surface area contributed by atoms with E-state index >= 15 is 0 Å². The van der Waals surface area contributed by atoms with E-state index < -0.39 is 0 Å². The minimum atomic E-state index is 0.519. The van der Waals surface area contributed by atoms with E-state index in [2.05, 4.69) is 39.8 Å². The minimum absolute atomic E-state index is 0.519. The van der Waals surface area contributed by atoms with Crippen LogP contribution in [0.4, 0.5) is 0 Å². The van der Waals surface area contributed by atoms with Gasteiger partial charge >= 0.3 is 0 Å². The molecule has 0 bridgehead atoms. The molecule has 0 amide bonds. The van der Waals surface area contributed by atoms with E-state index in [1.54, 1.807) is 11.1 Å². The molecule has 0 aromatic heterocycles. The molecular formula is C14H24. The summed E-state index contributed by atoms with van der Waals surface area (Å²) in [6, 6.07) is 0. The van der Waals surface area contributed by atoms with Crippen LogP contribution in [0.2, 0.25) is 0 Å². The van der Waals surface area contributed by atoms with E-state index in [0.717, 1.165) is 0 Å². The maximum atomic E-state index is 2.38. The molecule has 0 nitrogen and oxygen atoms in total. The van der Waals surface area contributed by atoms with Crippen LogP contribution >= 0.6 is 0 Å². The zero-order valence-electron chi connectivity index (χ0n) is 10.2. The zero-order chi connectivity index (χ0) is 10.6. The average Bonchev–Trinajstić information content (AvgIpc) is 2.11. The van der Waals surface area contributed by atoms with Gasteiger partial charge in [-0.3, -0.25) is 0 Å². The first-order valence-electron chi connectivity index (χ1n) is 5.90. The topological polar surface area (TPSA) is 0 Å². The third kappa shape index (κ3) is 3.32. The largest absolute Gasteiger partial charge is 0.0843 e. The highest BCUT2D eigenvalue weighted by atomic mass is 14.3. The van der Waals surface area contributed by atoms with Gasteiger partial charge in [0.25, 0.3) is 0 Å². The van der Waals surface area contributed by atoms with Crippen molar-refractivity contribution in [3.63, 3.8) is 0 Å². The summed E-state index contributed by atoms with van der Waals surface area (Å²) in [5.41, 5.74) is 3.72. The predicted octanol–water partition coefficient (Wildman–Crippen LogP) is 4.87. The third-order valence-corrected chi connectivity index (χ3v) is 3.17. The SMILES string of the molecule is CCC/C=C\C1=C(C)CCC(C)(C)C1. The summed E-state index contributed by atoms with van der Waals surface area (Å²) in [5, 5.41) is 0. The van der Waals surface area contributed by atoms with Gasteiger partial charge in [0.05, 0.1) is 0 Å². The number of unbranched alkanes of at least 4 members (excludes halogenated alkanes) is 1. The summed E-state index contributed by atoms with van der Waals surface area (Å²) < 4.78 is 0. The Morgan fingerprint density at radius 2 is 2.07 bits per heavy atom. The highest BCUT2D eigenvalue weighted by Crippen LogP contribution is 2.38. The van der Waals surface area contributed by atoms with Crippen molar-refractivity contribution in [3.05, 3.63) is 23.3 Å². The van der Waals surface area contributed by atoms with E-state index in [1.165, 1.54) is 32.1 Å². The molecule has 0 saturated heterocycles. The molecule has 0 aromatic rings. The summed E-state index contributed by atoms with van der Waals surface area (Å²) in [5.74, 6) is 0. The molecular weight excluding hydrogens is 168 g/mol. The van der Waals surface area contributed by atoms with Crippen LogP contribution in [0, 0.1) is 5.41 Å². The maximum Gasteiger partial charge on any atom is -0.0228 e. The van der Waals surface area contributed by atoms with Crippen LogP contribution in [-0.4, -0.2) is 0 Å². The molecule has 1 aliphatic carbocycles. The fraction of sp³-hybridized carbons (Fsp3) is 0.714. The number of hydrogen-bond donors (Lipinski definition) is 0. The van der Waals surface area contributed by atoms with Gasteiger partial charge in [-0.1, -0.05) is 44.9 Å². The molecule has 0 radical (unpaired) electrons. The van der Waals surface area contributed by atoms with Crippen LogP contribution in [0.3, 0.4) is 0 Å². The van der Waals surface area contributed by atoms with Gasteiger partial charge in [0.15, 0.2) is 0 Å². The van der Waals surface area contributed by atoms with Crippen molar-refractivity contribution >= 4 is 0 Å². The first-order chi connectivity index (χ1) is 6.55. The molecule has 0 spiro atoms. The summed E-state index contributed by atoms with van der Waals surface area (Å²) in [4.78, 5) is 0. The van der Waals surface area contributed by atoms with Crippen molar-refractivity contribution in [1.82, 2.24) is 0 Å². The van der Waals surface area contributed by atoms with Gasteiger partial charge in [-0.05, 0) is 43.6 Å². The average molecular weight is 192 g/mol. The van der Waals surface area contributed by atoms with Crippen molar-refractivity contribution in [2.75, 3.05) is 0 Å². The van der Waals surface area contributed by atoms with Crippen molar-refractivity contribution in [3.8, 4) is 0 Å². The summed E-state index contributed by atoms with van der Waals surface area (Å²) >= 11 is 0. The van der Waals surface area contributed by atoms with Crippen LogP contribution in [-0.2, 0) is 0 Å². The highest BCUT2D eigenvalue weighted by Gasteiger charge is 2.23. The van der Waals surface area contributed by atoms with E-state index in [4.69, 9.17) is 0 Å². The third-order valence-electron chi connectivity index (χ3n) is 3.17. The summed E-state index contributed by atoms with van der Waals surface area (Å²) in [7, 11) is 0. The van der Waals surface area contributed by atoms with Crippen molar-refractivity contribution in [2.24, 2.45) is 5.41 Å². The summed E-state index contributed by atoms with van der Waals surface area (Å²) in [6.07, 6.45) is 11.1. The molecule has 0 heterocycles. The molecule has 0 saturated carbocycles. The Kier molecular flexibility index (Phi) is 3.97. The van der Waals surface area contributed by atoms with Gasteiger partial charge in [-0.25, -0.2) is 0 Å². The predicted molar refractivity (Wildman–Crippen MR) is 64.4 cm³/mol. The lowest BCUT2D eigenvalue weighted by Gasteiger charge is -2.31. The van der Waals surface area contributed by atoms with Gasteiger partial charge in [0, 0.05) is 0 Å². The molecule has 0 aromatic carbocycles. The van der Waals surface area contributed by atoms with Crippen LogP contribution in [0.25, 0.3) is 0 Å². The second kappa shape index (κ2) is 4.82. The van der Waals surface area contributed by atoms with Crippen LogP contribution in [0.1, 0.15) is 59.8 Å². The lowest BCUT2D eigenvalue weighted by molar-refractivity contribution is 0.317. The van der Waals surface area contributed by atoms with E-state index in [9.17, 15) is 0 Å².